The zero-order valence-corrected chi connectivity index (χ0v) is 16.8. The number of nitrogens with zero attached hydrogens (tertiary/aromatic N) is 3. The zero-order valence-electron chi connectivity index (χ0n) is 16.8. The summed E-state index contributed by atoms with van der Waals surface area (Å²) in [5.41, 5.74) is 5.09. The van der Waals surface area contributed by atoms with Crippen molar-refractivity contribution in [3.63, 3.8) is 0 Å². The number of aromatic nitrogens is 1. The molecule has 1 aliphatic heterocycles. The second kappa shape index (κ2) is 9.40. The Hall–Kier alpha value is -2.56. The van der Waals surface area contributed by atoms with Crippen LogP contribution < -0.4 is 15.5 Å². The van der Waals surface area contributed by atoms with Crippen LogP contribution in [0.15, 0.2) is 41.5 Å². The van der Waals surface area contributed by atoms with E-state index < -0.39 is 0 Å². The lowest BCUT2D eigenvalue weighted by Gasteiger charge is -2.17. The van der Waals surface area contributed by atoms with E-state index in [0.29, 0.717) is 6.54 Å². The minimum atomic E-state index is 0.644. The van der Waals surface area contributed by atoms with E-state index in [1.165, 1.54) is 35.1 Å². The molecule has 2 N–H and O–H groups in total. The van der Waals surface area contributed by atoms with Crippen LogP contribution in [0.1, 0.15) is 42.0 Å². The highest BCUT2D eigenvalue weighted by atomic mass is 15.2. The fraction of sp³-hybridized carbons (Fsp3) is 0.455. The summed E-state index contributed by atoms with van der Waals surface area (Å²) >= 11 is 0. The molecule has 0 bridgehead atoms. The lowest BCUT2D eigenvalue weighted by atomic mass is 10.1. The molecule has 0 unspecified atom stereocenters. The zero-order chi connectivity index (χ0) is 19.1. The summed E-state index contributed by atoms with van der Waals surface area (Å²) in [6.07, 6.45) is 4.42. The minimum absolute atomic E-state index is 0.644. The number of hydrogen-bond donors (Lipinski definition) is 2. The third-order valence-corrected chi connectivity index (χ3v) is 4.95. The van der Waals surface area contributed by atoms with Gasteiger partial charge in [0.25, 0.3) is 0 Å². The predicted molar refractivity (Wildman–Crippen MR) is 113 cm³/mol. The summed E-state index contributed by atoms with van der Waals surface area (Å²) in [6, 6.07) is 10.8. The lowest BCUT2D eigenvalue weighted by molar-refractivity contribution is 0.812. The van der Waals surface area contributed by atoms with Crippen molar-refractivity contribution in [1.29, 1.82) is 0 Å². The maximum atomic E-state index is 4.76. The second-order valence-corrected chi connectivity index (χ2v) is 7.20. The van der Waals surface area contributed by atoms with E-state index in [1.807, 2.05) is 6.20 Å². The van der Waals surface area contributed by atoms with Crippen LogP contribution in [0.3, 0.4) is 0 Å². The van der Waals surface area contributed by atoms with Crippen LogP contribution in [0.25, 0.3) is 0 Å². The summed E-state index contributed by atoms with van der Waals surface area (Å²) in [6.45, 7) is 10.9. The fourth-order valence-corrected chi connectivity index (χ4v) is 3.41. The van der Waals surface area contributed by atoms with E-state index in [2.05, 4.69) is 71.6 Å². The summed E-state index contributed by atoms with van der Waals surface area (Å²) in [4.78, 5) is 11.6. The molecule has 144 valence electrons. The average Bonchev–Trinajstić information content (AvgIpc) is 3.20. The number of benzene rings is 1. The molecular formula is C22H31N5. The molecule has 1 aliphatic rings. The number of rotatable bonds is 6. The Morgan fingerprint density at radius 1 is 1.11 bits per heavy atom. The van der Waals surface area contributed by atoms with Gasteiger partial charge in [-0.1, -0.05) is 23.8 Å². The van der Waals surface area contributed by atoms with Gasteiger partial charge in [0.15, 0.2) is 5.96 Å². The molecule has 1 fully saturated rings. The summed E-state index contributed by atoms with van der Waals surface area (Å²) in [5, 5.41) is 6.79. The first-order valence-corrected chi connectivity index (χ1v) is 9.94. The fourth-order valence-electron chi connectivity index (χ4n) is 3.41. The predicted octanol–water partition coefficient (Wildman–Crippen LogP) is 3.55. The van der Waals surface area contributed by atoms with E-state index in [9.17, 15) is 0 Å². The Morgan fingerprint density at radius 2 is 1.93 bits per heavy atom. The van der Waals surface area contributed by atoms with Gasteiger partial charge < -0.3 is 15.5 Å². The third kappa shape index (κ3) is 5.46. The molecule has 0 aliphatic carbocycles. The largest absolute Gasteiger partial charge is 0.357 e. The number of nitrogens with one attached hydrogen (secondary N) is 2. The Kier molecular flexibility index (Phi) is 6.69. The van der Waals surface area contributed by atoms with E-state index in [4.69, 9.17) is 4.99 Å². The van der Waals surface area contributed by atoms with Gasteiger partial charge in [-0.05, 0) is 62.4 Å². The molecule has 5 nitrogen and oxygen atoms in total. The first-order chi connectivity index (χ1) is 13.2. The Bertz CT molecular complexity index is 778. The quantitative estimate of drug-likeness (QED) is 0.607. The van der Waals surface area contributed by atoms with Gasteiger partial charge in [-0.2, -0.15) is 0 Å². The second-order valence-electron chi connectivity index (χ2n) is 7.20. The van der Waals surface area contributed by atoms with Crippen LogP contribution in [0, 0.1) is 13.8 Å². The number of pyridine rings is 1. The Balaban J connectivity index is 1.64. The van der Waals surface area contributed by atoms with Crippen LogP contribution in [-0.2, 0) is 13.1 Å². The first-order valence-electron chi connectivity index (χ1n) is 9.94. The topological polar surface area (TPSA) is 52.6 Å². The number of aliphatic imine (C=N–C) groups is 1. The summed E-state index contributed by atoms with van der Waals surface area (Å²) in [5.74, 6) is 1.92. The van der Waals surface area contributed by atoms with Crippen LogP contribution >= 0.6 is 0 Å². The average molecular weight is 366 g/mol. The molecule has 0 spiro atoms. The number of hydrogen-bond acceptors (Lipinski definition) is 3. The van der Waals surface area contributed by atoms with Crippen molar-refractivity contribution in [3.05, 3.63) is 58.8 Å². The van der Waals surface area contributed by atoms with Crippen LogP contribution in [0.2, 0.25) is 0 Å². The molecular weight excluding hydrogens is 334 g/mol. The van der Waals surface area contributed by atoms with Gasteiger partial charge in [0.05, 0.1) is 6.54 Å². The lowest BCUT2D eigenvalue weighted by Crippen LogP contribution is -2.36. The number of aryl methyl sites for hydroxylation is 2. The first kappa shape index (κ1) is 19.2. The van der Waals surface area contributed by atoms with Gasteiger partial charge in [-0.15, -0.1) is 0 Å². The van der Waals surface area contributed by atoms with E-state index >= 15 is 0 Å². The van der Waals surface area contributed by atoms with Crippen molar-refractivity contribution in [2.75, 3.05) is 24.5 Å². The van der Waals surface area contributed by atoms with Gasteiger partial charge in [0.1, 0.15) is 5.82 Å². The molecule has 0 saturated carbocycles. The monoisotopic (exact) mass is 365 g/mol. The highest BCUT2D eigenvalue weighted by Crippen LogP contribution is 2.18. The number of guanidine groups is 1. The molecule has 5 heteroatoms. The van der Waals surface area contributed by atoms with Crippen molar-refractivity contribution >= 4 is 11.8 Å². The maximum absolute atomic E-state index is 4.76. The normalized spacial score (nSPS) is 14.5. The molecule has 27 heavy (non-hydrogen) atoms. The van der Waals surface area contributed by atoms with E-state index in [1.54, 1.807) is 0 Å². The molecule has 1 aromatic carbocycles. The van der Waals surface area contributed by atoms with Crippen LogP contribution in [0.5, 0.6) is 0 Å². The van der Waals surface area contributed by atoms with Crippen molar-refractivity contribution in [3.8, 4) is 0 Å². The van der Waals surface area contributed by atoms with Gasteiger partial charge in [0, 0.05) is 32.4 Å². The van der Waals surface area contributed by atoms with Crippen molar-refractivity contribution in [2.24, 2.45) is 4.99 Å². The SMILES string of the molecule is CCNC(=NCc1ccnc(N2CCCC2)c1)NCc1ccc(C)cc1C. The van der Waals surface area contributed by atoms with Crippen molar-refractivity contribution < 1.29 is 0 Å². The molecule has 0 atom stereocenters. The molecule has 1 aromatic heterocycles. The van der Waals surface area contributed by atoms with Crippen molar-refractivity contribution in [1.82, 2.24) is 15.6 Å². The summed E-state index contributed by atoms with van der Waals surface area (Å²) in [7, 11) is 0. The number of anilines is 1. The van der Waals surface area contributed by atoms with Gasteiger partial charge in [0.2, 0.25) is 0 Å². The molecule has 0 radical (unpaired) electrons. The Labute approximate surface area is 162 Å². The third-order valence-electron chi connectivity index (χ3n) is 4.95. The van der Waals surface area contributed by atoms with E-state index in [-0.39, 0.29) is 0 Å². The standard InChI is InChI=1S/C22H31N5/c1-4-23-22(26-16-20-8-7-17(2)13-18(20)3)25-15-19-9-10-24-21(14-19)27-11-5-6-12-27/h7-10,13-14H,4-6,11-12,15-16H2,1-3H3,(H2,23,25,26). The van der Waals surface area contributed by atoms with Crippen molar-refractivity contribution in [2.45, 2.75) is 46.7 Å². The summed E-state index contributed by atoms with van der Waals surface area (Å²) < 4.78 is 0. The van der Waals surface area contributed by atoms with Gasteiger partial charge in [-0.25, -0.2) is 9.98 Å². The molecule has 3 rings (SSSR count). The Morgan fingerprint density at radius 3 is 2.67 bits per heavy atom. The molecule has 2 aromatic rings. The minimum Gasteiger partial charge on any atom is -0.357 e. The van der Waals surface area contributed by atoms with Gasteiger partial charge >= 0.3 is 0 Å². The highest BCUT2D eigenvalue weighted by molar-refractivity contribution is 5.79. The maximum Gasteiger partial charge on any atom is 0.191 e. The van der Waals surface area contributed by atoms with E-state index in [0.717, 1.165) is 38.0 Å². The van der Waals surface area contributed by atoms with Crippen LogP contribution in [-0.4, -0.2) is 30.6 Å². The van der Waals surface area contributed by atoms with Crippen LogP contribution in [0.4, 0.5) is 5.82 Å². The smallest absolute Gasteiger partial charge is 0.191 e. The molecule has 2 heterocycles. The highest BCUT2D eigenvalue weighted by Gasteiger charge is 2.13. The van der Waals surface area contributed by atoms with Gasteiger partial charge in [-0.3, -0.25) is 0 Å². The molecule has 0 amide bonds. The molecule has 1 saturated heterocycles.